The van der Waals surface area contributed by atoms with Crippen LogP contribution >= 0.6 is 22.7 Å². The maximum Gasteiger partial charge on any atom is 0.261 e. The number of rotatable bonds is 5. The van der Waals surface area contributed by atoms with Gasteiger partial charge in [0.2, 0.25) is 5.91 Å². The van der Waals surface area contributed by atoms with E-state index in [4.69, 9.17) is 0 Å². The van der Waals surface area contributed by atoms with Crippen molar-refractivity contribution in [2.24, 2.45) is 0 Å². The van der Waals surface area contributed by atoms with Crippen molar-refractivity contribution in [2.45, 2.75) is 25.3 Å². The Morgan fingerprint density at radius 2 is 2.05 bits per heavy atom. The molecular weight excluding hydrogens is 316 g/mol. The van der Waals surface area contributed by atoms with Gasteiger partial charge in [-0.15, -0.1) is 22.7 Å². The molecule has 1 atom stereocenters. The fourth-order valence-corrected chi connectivity index (χ4v) is 4.28. The Balaban J connectivity index is 1.50. The van der Waals surface area contributed by atoms with Gasteiger partial charge in [-0.05, 0) is 35.7 Å². The molecule has 1 saturated heterocycles. The summed E-state index contributed by atoms with van der Waals surface area (Å²) in [6.07, 6.45) is 2.45. The lowest BCUT2D eigenvalue weighted by molar-refractivity contribution is -0.131. The van der Waals surface area contributed by atoms with E-state index in [0.717, 1.165) is 19.4 Å². The normalized spacial score (nSPS) is 17.6. The number of amides is 2. The van der Waals surface area contributed by atoms with Gasteiger partial charge in [-0.1, -0.05) is 12.1 Å². The summed E-state index contributed by atoms with van der Waals surface area (Å²) < 4.78 is 0. The second-order valence-corrected chi connectivity index (χ2v) is 7.17. The molecule has 1 fully saturated rings. The Labute approximate surface area is 137 Å². The molecule has 4 nitrogen and oxygen atoms in total. The summed E-state index contributed by atoms with van der Waals surface area (Å²) in [6, 6.07) is 7.98. The van der Waals surface area contributed by atoms with Gasteiger partial charge >= 0.3 is 0 Å². The molecular formula is C16H18N2O2S2. The smallest absolute Gasteiger partial charge is 0.261 e. The number of likely N-dealkylation sites (tertiary alicyclic amines) is 1. The van der Waals surface area contributed by atoms with Crippen LogP contribution in [0.15, 0.2) is 35.0 Å². The van der Waals surface area contributed by atoms with Crippen LogP contribution in [0.25, 0.3) is 0 Å². The summed E-state index contributed by atoms with van der Waals surface area (Å²) in [4.78, 5) is 28.1. The molecule has 1 N–H and O–H groups in total. The molecule has 0 saturated carbocycles. The third-order valence-electron chi connectivity index (χ3n) is 3.81. The molecule has 6 heteroatoms. The molecule has 3 heterocycles. The highest BCUT2D eigenvalue weighted by molar-refractivity contribution is 7.12. The van der Waals surface area contributed by atoms with E-state index in [9.17, 15) is 9.59 Å². The lowest BCUT2D eigenvalue weighted by Crippen LogP contribution is -2.33. The highest BCUT2D eigenvalue weighted by Crippen LogP contribution is 2.34. The summed E-state index contributed by atoms with van der Waals surface area (Å²) >= 11 is 3.11. The lowest BCUT2D eigenvalue weighted by atomic mass is 10.2. The van der Waals surface area contributed by atoms with E-state index in [-0.39, 0.29) is 17.9 Å². The minimum Gasteiger partial charge on any atom is -0.351 e. The van der Waals surface area contributed by atoms with E-state index in [0.29, 0.717) is 17.8 Å². The Morgan fingerprint density at radius 3 is 2.77 bits per heavy atom. The second-order valence-electron chi connectivity index (χ2n) is 5.24. The van der Waals surface area contributed by atoms with E-state index in [2.05, 4.69) is 16.8 Å². The van der Waals surface area contributed by atoms with Crippen molar-refractivity contribution in [1.82, 2.24) is 10.2 Å². The van der Waals surface area contributed by atoms with Crippen LogP contribution in [0.2, 0.25) is 0 Å². The Hall–Kier alpha value is -1.66. The molecule has 0 unspecified atom stereocenters. The number of carbonyl (C=O) groups is 2. The van der Waals surface area contributed by atoms with Crippen LogP contribution in [-0.2, 0) is 4.79 Å². The summed E-state index contributed by atoms with van der Waals surface area (Å²) in [5, 5.41) is 6.74. The first-order valence-corrected chi connectivity index (χ1v) is 9.16. The fourth-order valence-electron chi connectivity index (χ4n) is 2.76. The zero-order valence-corrected chi connectivity index (χ0v) is 13.8. The van der Waals surface area contributed by atoms with Gasteiger partial charge in [0.25, 0.3) is 5.91 Å². The van der Waals surface area contributed by atoms with Gasteiger partial charge in [0, 0.05) is 24.4 Å². The first-order chi connectivity index (χ1) is 10.8. The van der Waals surface area contributed by atoms with Crippen molar-refractivity contribution in [2.75, 3.05) is 13.1 Å². The van der Waals surface area contributed by atoms with Gasteiger partial charge in [-0.25, -0.2) is 0 Å². The van der Waals surface area contributed by atoms with Crippen molar-refractivity contribution < 1.29 is 9.59 Å². The van der Waals surface area contributed by atoms with Crippen LogP contribution in [0.3, 0.4) is 0 Å². The molecule has 1 aliphatic heterocycles. The first-order valence-electron chi connectivity index (χ1n) is 7.40. The summed E-state index contributed by atoms with van der Waals surface area (Å²) in [5.41, 5.74) is 0. The summed E-state index contributed by atoms with van der Waals surface area (Å²) in [6.45, 7) is 1.21. The van der Waals surface area contributed by atoms with Gasteiger partial charge in [0.05, 0.1) is 10.9 Å². The molecule has 3 rings (SSSR count). The van der Waals surface area contributed by atoms with Crippen LogP contribution < -0.4 is 5.32 Å². The van der Waals surface area contributed by atoms with E-state index >= 15 is 0 Å². The molecule has 2 aromatic heterocycles. The first kappa shape index (κ1) is 15.2. The predicted molar refractivity (Wildman–Crippen MR) is 89.3 cm³/mol. The van der Waals surface area contributed by atoms with Crippen LogP contribution in [-0.4, -0.2) is 29.8 Å². The molecule has 0 aliphatic carbocycles. The van der Waals surface area contributed by atoms with Crippen molar-refractivity contribution in [1.29, 1.82) is 0 Å². The number of hydrogen-bond acceptors (Lipinski definition) is 4. The van der Waals surface area contributed by atoms with E-state index in [1.54, 1.807) is 17.4 Å². The largest absolute Gasteiger partial charge is 0.351 e. The molecule has 0 radical (unpaired) electrons. The topological polar surface area (TPSA) is 49.4 Å². The fraction of sp³-hybridized carbons (Fsp3) is 0.375. The second kappa shape index (κ2) is 7.07. The van der Waals surface area contributed by atoms with Crippen molar-refractivity contribution in [3.63, 3.8) is 0 Å². The van der Waals surface area contributed by atoms with E-state index in [1.807, 2.05) is 22.4 Å². The number of nitrogens with one attached hydrogen (secondary N) is 1. The molecule has 1 aliphatic rings. The number of thiophene rings is 2. The zero-order valence-electron chi connectivity index (χ0n) is 12.2. The molecule has 116 valence electrons. The number of nitrogens with zero attached hydrogens (tertiary/aromatic N) is 1. The number of carbonyl (C=O) groups excluding carboxylic acids is 2. The van der Waals surface area contributed by atoms with Gasteiger partial charge in [-0.3, -0.25) is 9.59 Å². The standard InChI is InChI=1S/C16H18N2O2S2/c19-15(7-8-17-16(20)14-6-3-11-22-14)18-9-1-4-12(18)13-5-2-10-21-13/h2-3,5-6,10-12H,1,4,7-9H2,(H,17,20)/t12-/m0/s1. The Bertz CT molecular complexity index is 623. The van der Waals surface area contributed by atoms with Gasteiger partial charge < -0.3 is 10.2 Å². The minimum atomic E-state index is -0.0981. The summed E-state index contributed by atoms with van der Waals surface area (Å²) in [5.74, 6) is 0.0291. The Kier molecular flexibility index (Phi) is 4.90. The highest BCUT2D eigenvalue weighted by Gasteiger charge is 2.30. The quantitative estimate of drug-likeness (QED) is 0.912. The van der Waals surface area contributed by atoms with Crippen LogP contribution in [0.4, 0.5) is 0 Å². The van der Waals surface area contributed by atoms with Gasteiger partial charge in [0.15, 0.2) is 0 Å². The van der Waals surface area contributed by atoms with Gasteiger partial charge in [0.1, 0.15) is 0 Å². The van der Waals surface area contributed by atoms with Crippen molar-refractivity contribution in [3.05, 3.63) is 44.8 Å². The molecule has 2 amide bonds. The predicted octanol–water partition coefficient (Wildman–Crippen LogP) is 3.29. The average Bonchev–Trinajstić information content (AvgIpc) is 3.26. The third kappa shape index (κ3) is 3.39. The maximum atomic E-state index is 12.4. The van der Waals surface area contributed by atoms with Crippen LogP contribution in [0.5, 0.6) is 0 Å². The molecule has 0 spiro atoms. The maximum absolute atomic E-state index is 12.4. The highest BCUT2D eigenvalue weighted by atomic mass is 32.1. The monoisotopic (exact) mass is 334 g/mol. The molecule has 2 aromatic rings. The molecule has 22 heavy (non-hydrogen) atoms. The number of hydrogen-bond donors (Lipinski definition) is 1. The lowest BCUT2D eigenvalue weighted by Gasteiger charge is -2.24. The average molecular weight is 334 g/mol. The van der Waals surface area contributed by atoms with Gasteiger partial charge in [-0.2, -0.15) is 0 Å². The van der Waals surface area contributed by atoms with Crippen molar-refractivity contribution in [3.8, 4) is 0 Å². The van der Waals surface area contributed by atoms with Crippen molar-refractivity contribution >= 4 is 34.5 Å². The van der Waals surface area contributed by atoms with Crippen LogP contribution in [0.1, 0.15) is 39.9 Å². The Morgan fingerprint density at radius 1 is 1.23 bits per heavy atom. The SMILES string of the molecule is O=C(NCCC(=O)N1CCC[C@H]1c1cccs1)c1cccs1. The molecule has 0 aromatic carbocycles. The third-order valence-corrected chi connectivity index (χ3v) is 5.66. The molecule has 0 bridgehead atoms. The van der Waals surface area contributed by atoms with E-state index in [1.165, 1.54) is 16.2 Å². The summed E-state index contributed by atoms with van der Waals surface area (Å²) in [7, 11) is 0. The zero-order chi connectivity index (χ0) is 15.4. The van der Waals surface area contributed by atoms with E-state index < -0.39 is 0 Å². The minimum absolute atomic E-state index is 0.0981. The van der Waals surface area contributed by atoms with Crippen LogP contribution in [0, 0.1) is 0 Å².